The fourth-order valence-corrected chi connectivity index (χ4v) is 3.37. The lowest BCUT2D eigenvalue weighted by Crippen LogP contribution is -2.27. The van der Waals surface area contributed by atoms with E-state index < -0.39 is 10.0 Å². The lowest BCUT2D eigenvalue weighted by Gasteiger charge is -2.16. The first kappa shape index (κ1) is 15.2. The molecule has 0 amide bonds. The van der Waals surface area contributed by atoms with E-state index in [1.807, 2.05) is 44.2 Å². The number of nitrogens with zero attached hydrogens (tertiary/aromatic N) is 1. The Morgan fingerprint density at radius 1 is 1.10 bits per heavy atom. The summed E-state index contributed by atoms with van der Waals surface area (Å²) in [4.78, 5) is 0.155. The molecule has 5 heteroatoms. The van der Waals surface area contributed by atoms with E-state index in [2.05, 4.69) is 4.72 Å². The Morgan fingerprint density at radius 2 is 1.71 bits per heavy atom. The summed E-state index contributed by atoms with van der Waals surface area (Å²) in [5.41, 5.74) is 2.41. The summed E-state index contributed by atoms with van der Waals surface area (Å²) < 4.78 is 27.3. The van der Waals surface area contributed by atoms with Gasteiger partial charge in [-0.1, -0.05) is 24.3 Å². The molecule has 0 fully saturated rings. The van der Waals surface area contributed by atoms with Crippen LogP contribution < -0.4 is 4.72 Å². The van der Waals surface area contributed by atoms with Gasteiger partial charge in [0.2, 0.25) is 10.0 Å². The van der Waals surface area contributed by atoms with Gasteiger partial charge in [0.1, 0.15) is 0 Å². The number of sulfonamides is 1. The van der Waals surface area contributed by atoms with Gasteiger partial charge >= 0.3 is 0 Å². The number of aryl methyl sites for hydroxylation is 1. The van der Waals surface area contributed by atoms with E-state index in [1.165, 1.54) is 24.3 Å². The van der Waals surface area contributed by atoms with Crippen LogP contribution in [0.4, 0.5) is 0 Å². The summed E-state index contributed by atoms with van der Waals surface area (Å²) in [6, 6.07) is 15.1. The van der Waals surface area contributed by atoms with Crippen LogP contribution in [0.2, 0.25) is 0 Å². The average molecular weight is 300 g/mol. The van der Waals surface area contributed by atoms with Crippen molar-refractivity contribution in [2.45, 2.75) is 24.8 Å². The van der Waals surface area contributed by atoms with Crippen LogP contribution in [-0.4, -0.2) is 8.42 Å². The fourth-order valence-electron chi connectivity index (χ4n) is 2.15. The first-order chi connectivity index (χ1) is 9.94. The molecule has 2 aromatic rings. The summed E-state index contributed by atoms with van der Waals surface area (Å²) in [7, 11) is -3.61. The van der Waals surface area contributed by atoms with E-state index in [9.17, 15) is 8.42 Å². The molecule has 4 nitrogen and oxygen atoms in total. The van der Waals surface area contributed by atoms with Crippen LogP contribution in [0.15, 0.2) is 53.4 Å². The average Bonchev–Trinajstić information content (AvgIpc) is 2.47. The minimum Gasteiger partial charge on any atom is -0.207 e. The lowest BCUT2D eigenvalue weighted by atomic mass is 10.0. The normalized spacial score (nSPS) is 12.6. The zero-order chi connectivity index (χ0) is 15.5. The van der Waals surface area contributed by atoms with E-state index in [4.69, 9.17) is 5.26 Å². The van der Waals surface area contributed by atoms with E-state index in [1.54, 1.807) is 0 Å². The summed E-state index contributed by atoms with van der Waals surface area (Å²) in [6.45, 7) is 3.76. The Hall–Kier alpha value is -2.16. The van der Waals surface area contributed by atoms with Crippen LogP contribution in [-0.2, 0) is 10.0 Å². The van der Waals surface area contributed by atoms with Gasteiger partial charge < -0.3 is 0 Å². The highest BCUT2D eigenvalue weighted by Gasteiger charge is 2.19. The maximum absolute atomic E-state index is 12.3. The Balaban J connectivity index is 2.25. The van der Waals surface area contributed by atoms with Crippen LogP contribution >= 0.6 is 0 Å². The second kappa shape index (κ2) is 6.08. The molecule has 0 aliphatic rings. The van der Waals surface area contributed by atoms with Gasteiger partial charge in [-0.3, -0.25) is 0 Å². The zero-order valence-corrected chi connectivity index (χ0v) is 12.7. The van der Waals surface area contributed by atoms with Crippen molar-refractivity contribution in [1.82, 2.24) is 4.72 Å². The van der Waals surface area contributed by atoms with Crippen LogP contribution in [0, 0.1) is 18.3 Å². The molecule has 1 unspecified atom stereocenters. The zero-order valence-electron chi connectivity index (χ0n) is 11.9. The molecule has 0 aromatic heterocycles. The van der Waals surface area contributed by atoms with Crippen molar-refractivity contribution in [3.63, 3.8) is 0 Å². The second-order valence-electron chi connectivity index (χ2n) is 4.84. The van der Waals surface area contributed by atoms with Gasteiger partial charge in [-0.25, -0.2) is 13.1 Å². The van der Waals surface area contributed by atoms with Crippen LogP contribution in [0.1, 0.15) is 29.7 Å². The standard InChI is InChI=1S/C16H16N2O2S/c1-12-5-3-4-6-16(12)13(2)18-21(19,20)15-9-7-14(11-17)8-10-15/h3-10,13,18H,1-2H3. The maximum Gasteiger partial charge on any atom is 0.241 e. The molecule has 108 valence electrons. The van der Waals surface area contributed by atoms with Gasteiger partial charge in [0.25, 0.3) is 0 Å². The molecule has 0 radical (unpaired) electrons. The predicted octanol–water partition coefficient (Wildman–Crippen LogP) is 2.91. The van der Waals surface area contributed by atoms with E-state index in [0.29, 0.717) is 5.56 Å². The maximum atomic E-state index is 12.3. The van der Waals surface area contributed by atoms with Crippen molar-refractivity contribution in [3.05, 3.63) is 65.2 Å². The summed E-state index contributed by atoms with van der Waals surface area (Å²) in [6.07, 6.45) is 0. The van der Waals surface area contributed by atoms with Crippen molar-refractivity contribution in [3.8, 4) is 6.07 Å². The first-order valence-electron chi connectivity index (χ1n) is 6.52. The highest BCUT2D eigenvalue weighted by Crippen LogP contribution is 2.20. The third-order valence-corrected chi connectivity index (χ3v) is 4.84. The molecule has 0 aliphatic carbocycles. The van der Waals surface area contributed by atoms with E-state index in [-0.39, 0.29) is 10.9 Å². The SMILES string of the molecule is Cc1ccccc1C(C)NS(=O)(=O)c1ccc(C#N)cc1. The number of hydrogen-bond acceptors (Lipinski definition) is 3. The second-order valence-corrected chi connectivity index (χ2v) is 6.55. The minimum absolute atomic E-state index is 0.155. The third kappa shape index (κ3) is 3.48. The molecule has 0 saturated heterocycles. The summed E-state index contributed by atoms with van der Waals surface area (Å²) in [5, 5.41) is 8.74. The van der Waals surface area contributed by atoms with Crippen LogP contribution in [0.3, 0.4) is 0 Å². The minimum atomic E-state index is -3.61. The molecule has 0 bridgehead atoms. The van der Waals surface area contributed by atoms with Gasteiger partial charge in [-0.15, -0.1) is 0 Å². The van der Waals surface area contributed by atoms with Crippen molar-refractivity contribution in [2.24, 2.45) is 0 Å². The molecule has 0 aliphatic heterocycles. The highest BCUT2D eigenvalue weighted by molar-refractivity contribution is 7.89. The van der Waals surface area contributed by atoms with Crippen LogP contribution in [0.25, 0.3) is 0 Å². The summed E-state index contributed by atoms with van der Waals surface area (Å²) >= 11 is 0. The quantitative estimate of drug-likeness (QED) is 0.943. The van der Waals surface area contributed by atoms with Gasteiger partial charge in [-0.05, 0) is 49.2 Å². The van der Waals surface area contributed by atoms with Crippen molar-refractivity contribution in [1.29, 1.82) is 5.26 Å². The molecule has 0 spiro atoms. The lowest BCUT2D eigenvalue weighted by molar-refractivity contribution is 0.566. The van der Waals surface area contributed by atoms with Crippen molar-refractivity contribution in [2.75, 3.05) is 0 Å². The molecule has 1 atom stereocenters. The first-order valence-corrected chi connectivity index (χ1v) is 8.00. The third-order valence-electron chi connectivity index (χ3n) is 3.28. The number of nitrogens with one attached hydrogen (secondary N) is 1. The Morgan fingerprint density at radius 3 is 2.29 bits per heavy atom. The van der Waals surface area contributed by atoms with E-state index in [0.717, 1.165) is 11.1 Å². The molecular weight excluding hydrogens is 284 g/mol. The van der Waals surface area contributed by atoms with Gasteiger partial charge in [0, 0.05) is 6.04 Å². The van der Waals surface area contributed by atoms with Crippen molar-refractivity contribution < 1.29 is 8.42 Å². The van der Waals surface area contributed by atoms with Gasteiger partial charge in [-0.2, -0.15) is 5.26 Å². The molecule has 0 saturated carbocycles. The van der Waals surface area contributed by atoms with Crippen molar-refractivity contribution >= 4 is 10.0 Å². The molecular formula is C16H16N2O2S. The molecule has 2 rings (SSSR count). The molecule has 21 heavy (non-hydrogen) atoms. The molecule has 0 heterocycles. The smallest absolute Gasteiger partial charge is 0.207 e. The van der Waals surface area contributed by atoms with Gasteiger partial charge in [0.05, 0.1) is 16.5 Å². The van der Waals surface area contributed by atoms with Crippen LogP contribution in [0.5, 0.6) is 0 Å². The summed E-state index contributed by atoms with van der Waals surface area (Å²) in [5.74, 6) is 0. The number of nitriles is 1. The van der Waals surface area contributed by atoms with Gasteiger partial charge in [0.15, 0.2) is 0 Å². The topological polar surface area (TPSA) is 70.0 Å². The highest BCUT2D eigenvalue weighted by atomic mass is 32.2. The number of hydrogen-bond donors (Lipinski definition) is 1. The Labute approximate surface area is 125 Å². The monoisotopic (exact) mass is 300 g/mol. The van der Waals surface area contributed by atoms with E-state index >= 15 is 0 Å². The molecule has 1 N–H and O–H groups in total. The Bertz CT molecular complexity index is 775. The predicted molar refractivity (Wildman–Crippen MR) is 81.1 cm³/mol. The number of rotatable bonds is 4. The largest absolute Gasteiger partial charge is 0.241 e. The Kier molecular flexibility index (Phi) is 4.41. The molecule has 2 aromatic carbocycles. The fraction of sp³-hybridized carbons (Fsp3) is 0.188. The number of benzene rings is 2.